The summed E-state index contributed by atoms with van der Waals surface area (Å²) in [5.74, 6) is 1.99. The molecule has 6 aromatic rings. The first-order valence-corrected chi connectivity index (χ1v) is 28.6. The third-order valence-electron chi connectivity index (χ3n) is 17.1. The van der Waals surface area contributed by atoms with E-state index in [0.717, 1.165) is 84.0 Å². The number of phenolic OH excluding ortho intramolecular Hbond substituents is 3. The van der Waals surface area contributed by atoms with E-state index in [-0.39, 0.29) is 33.5 Å². The second kappa shape index (κ2) is 20.9. The van der Waals surface area contributed by atoms with Gasteiger partial charge >= 0.3 is 0 Å². The highest BCUT2D eigenvalue weighted by atomic mass is 16.5. The Labute approximate surface area is 478 Å². The average Bonchev–Trinajstić information content (AvgIpc) is 3.43. The van der Waals surface area contributed by atoms with Crippen LogP contribution in [0.1, 0.15) is 256 Å². The van der Waals surface area contributed by atoms with Crippen LogP contribution in [-0.4, -0.2) is 36.6 Å². The van der Waals surface area contributed by atoms with Crippen LogP contribution in [0.5, 0.6) is 34.5 Å². The fraction of sp³-hybridized carbons (Fsp3) is 0.507. The second-order valence-corrected chi connectivity index (χ2v) is 30.4. The van der Waals surface area contributed by atoms with Crippen LogP contribution < -0.4 is 14.2 Å². The zero-order chi connectivity index (χ0) is 59.9. The van der Waals surface area contributed by atoms with Crippen molar-refractivity contribution in [3.8, 4) is 34.5 Å². The number of phenols is 3. The monoisotopic (exact) mass is 1070 g/mol. The zero-order valence-corrected chi connectivity index (χ0v) is 53.8. The van der Waals surface area contributed by atoms with Gasteiger partial charge in [0.2, 0.25) is 0 Å². The Kier molecular flexibility index (Phi) is 16.5. The van der Waals surface area contributed by atoms with Crippen molar-refractivity contribution in [3.05, 3.63) is 174 Å². The van der Waals surface area contributed by atoms with E-state index in [0.29, 0.717) is 16.7 Å². The largest absolute Gasteiger partial charge is 0.507 e. The molecule has 0 amide bonds. The van der Waals surface area contributed by atoms with Crippen molar-refractivity contribution < 1.29 is 29.5 Å². The van der Waals surface area contributed by atoms with E-state index in [4.69, 9.17) is 14.2 Å². The Morgan fingerprint density at radius 1 is 0.266 bits per heavy atom. The van der Waals surface area contributed by atoms with Crippen molar-refractivity contribution >= 4 is 0 Å². The first-order valence-electron chi connectivity index (χ1n) is 28.6. The molecule has 0 unspecified atom stereocenters. The van der Waals surface area contributed by atoms with Gasteiger partial charge in [-0.25, -0.2) is 0 Å². The second-order valence-electron chi connectivity index (χ2n) is 30.4. The summed E-state index contributed by atoms with van der Waals surface area (Å²) in [6.07, 6.45) is 0. The molecule has 0 bridgehead atoms. The minimum absolute atomic E-state index is 0.125. The van der Waals surface area contributed by atoms with E-state index in [1.54, 1.807) is 21.3 Å². The molecule has 0 aliphatic rings. The van der Waals surface area contributed by atoms with Gasteiger partial charge in [0, 0.05) is 38.9 Å². The fourth-order valence-electron chi connectivity index (χ4n) is 11.5. The molecule has 0 atom stereocenters. The third kappa shape index (κ3) is 12.1. The molecule has 0 saturated carbocycles. The van der Waals surface area contributed by atoms with Gasteiger partial charge in [-0.3, -0.25) is 0 Å². The summed E-state index contributed by atoms with van der Waals surface area (Å²) < 4.78 is 17.9. The molecule has 0 aliphatic carbocycles. The maximum Gasteiger partial charge on any atom is 0.123 e. The number of hydrogen-bond donors (Lipinski definition) is 3. The summed E-state index contributed by atoms with van der Waals surface area (Å²) in [5, 5.41) is 40.4. The molecule has 0 aromatic heterocycles. The van der Waals surface area contributed by atoms with Crippen molar-refractivity contribution in [2.45, 2.75) is 221 Å². The molecule has 6 heteroatoms. The van der Waals surface area contributed by atoms with Gasteiger partial charge < -0.3 is 29.5 Å². The first kappa shape index (κ1) is 62.3. The molecule has 6 rings (SSSR count). The van der Waals surface area contributed by atoms with Gasteiger partial charge in [0.25, 0.3) is 0 Å². The smallest absolute Gasteiger partial charge is 0.123 e. The molecular formula is C73H100O6. The van der Waals surface area contributed by atoms with Gasteiger partial charge in [-0.2, -0.15) is 0 Å². The van der Waals surface area contributed by atoms with Crippen molar-refractivity contribution in [2.75, 3.05) is 21.3 Å². The van der Waals surface area contributed by atoms with Gasteiger partial charge in [-0.15, -0.1) is 0 Å². The molecule has 0 heterocycles. The van der Waals surface area contributed by atoms with Crippen LogP contribution in [0.4, 0.5) is 0 Å². The van der Waals surface area contributed by atoms with Gasteiger partial charge in [0.1, 0.15) is 34.5 Å². The van der Waals surface area contributed by atoms with E-state index < -0.39 is 38.4 Å². The molecular weight excluding hydrogens is 973 g/mol. The Morgan fingerprint density at radius 3 is 0.633 bits per heavy atom. The Hall–Kier alpha value is -5.88. The number of aromatic hydroxyl groups is 3. The molecule has 6 aromatic carbocycles. The lowest BCUT2D eigenvalue weighted by atomic mass is 9.68. The Morgan fingerprint density at radius 2 is 0.456 bits per heavy atom. The minimum Gasteiger partial charge on any atom is -0.507 e. The maximum atomic E-state index is 13.5. The average molecular weight is 1070 g/mol. The maximum absolute atomic E-state index is 13.5. The topological polar surface area (TPSA) is 88.4 Å². The molecule has 0 saturated heterocycles. The predicted molar refractivity (Wildman–Crippen MR) is 333 cm³/mol. The first-order chi connectivity index (χ1) is 35.8. The highest BCUT2D eigenvalue weighted by Gasteiger charge is 2.40. The van der Waals surface area contributed by atoms with Gasteiger partial charge in [0.15, 0.2) is 0 Å². The lowest BCUT2D eigenvalue weighted by molar-refractivity contribution is 0.396. The van der Waals surface area contributed by atoms with Crippen LogP contribution in [0, 0.1) is 0 Å². The number of hydrogen-bond acceptors (Lipinski definition) is 6. The fourth-order valence-corrected chi connectivity index (χ4v) is 11.5. The molecule has 0 radical (unpaired) electrons. The van der Waals surface area contributed by atoms with E-state index >= 15 is 0 Å². The van der Waals surface area contributed by atoms with E-state index in [2.05, 4.69) is 257 Å². The van der Waals surface area contributed by atoms with Gasteiger partial charge in [0.05, 0.1) is 21.3 Å². The SMILES string of the molecule is COc1ccc(C(C)(C)c2cc(C(c3cc(C(C)(C)c4ccc(OC)c(C(C)(C)C)c4)cc(C(C)(C)C)c3O)c3cc(C(C)(C)c4ccc(OC)c(C(C)(C)C)c4)cc(C(C)(C)C)c3O)c(O)c(C(C)(C)C)c2)cc1C(C)(C)C. The molecule has 79 heavy (non-hydrogen) atoms. The molecule has 0 spiro atoms. The zero-order valence-electron chi connectivity index (χ0n) is 53.8. The van der Waals surface area contributed by atoms with E-state index in [1.165, 1.54) is 0 Å². The predicted octanol–water partition coefficient (Wildman–Crippen LogP) is 18.8. The molecule has 0 fully saturated rings. The van der Waals surface area contributed by atoms with Crippen LogP contribution in [-0.2, 0) is 48.7 Å². The highest BCUT2D eigenvalue weighted by Crippen LogP contribution is 2.55. The number of methoxy groups -OCH3 is 3. The standard InChI is InChI=1S/C73H100O6/c1-65(2,3)52-37-43(28-31-58(52)77-25)71(19,20)46-34-49(62(74)55(40-46)68(10,11)12)61(50-35-47(41-56(63(50)75)69(13,14)15)72(21,22)44-29-32-59(78-26)53(38-44)66(4,5)6)51-36-48(42-57(64(51)76)70(16,17)18)73(23,24)45-30-33-60(79-27)54(39-45)67(7,8)9/h28-42,61,74-76H,1-27H3. The summed E-state index contributed by atoms with van der Waals surface area (Å²) >= 11 is 0. The number of ether oxygens (including phenoxy) is 3. The van der Waals surface area contributed by atoms with Crippen LogP contribution in [0.25, 0.3) is 0 Å². The molecule has 0 aliphatic heterocycles. The summed E-state index contributed by atoms with van der Waals surface area (Å²) in [5.41, 5.74) is 9.58. The summed E-state index contributed by atoms with van der Waals surface area (Å²) in [7, 11) is 5.18. The van der Waals surface area contributed by atoms with Gasteiger partial charge in [-0.05, 0) is 117 Å². The molecule has 6 nitrogen and oxygen atoms in total. The van der Waals surface area contributed by atoms with Gasteiger partial charge in [-0.1, -0.05) is 239 Å². The van der Waals surface area contributed by atoms with Crippen molar-refractivity contribution in [1.82, 2.24) is 0 Å². The van der Waals surface area contributed by atoms with Crippen LogP contribution in [0.2, 0.25) is 0 Å². The molecule has 428 valence electrons. The molecule has 3 N–H and O–H groups in total. The Balaban J connectivity index is 1.88. The lowest BCUT2D eigenvalue weighted by Gasteiger charge is -2.36. The third-order valence-corrected chi connectivity index (χ3v) is 17.1. The Bertz CT molecular complexity index is 2880. The van der Waals surface area contributed by atoms with Crippen LogP contribution >= 0.6 is 0 Å². The summed E-state index contributed by atoms with van der Waals surface area (Å²) in [4.78, 5) is 0. The summed E-state index contributed by atoms with van der Waals surface area (Å²) in [6, 6.07) is 32.5. The number of rotatable bonds is 12. The lowest BCUT2D eigenvalue weighted by Crippen LogP contribution is -2.25. The van der Waals surface area contributed by atoms with Crippen molar-refractivity contribution in [2.24, 2.45) is 0 Å². The number of benzene rings is 6. The van der Waals surface area contributed by atoms with Crippen LogP contribution in [0.15, 0.2) is 91.0 Å². The van der Waals surface area contributed by atoms with Crippen molar-refractivity contribution in [1.29, 1.82) is 0 Å². The van der Waals surface area contributed by atoms with Crippen molar-refractivity contribution in [3.63, 3.8) is 0 Å². The van der Waals surface area contributed by atoms with E-state index in [9.17, 15) is 15.3 Å². The normalized spacial score (nSPS) is 13.5. The quantitative estimate of drug-likeness (QED) is 0.106. The van der Waals surface area contributed by atoms with E-state index in [1.807, 2.05) is 0 Å². The van der Waals surface area contributed by atoms with Crippen LogP contribution in [0.3, 0.4) is 0 Å². The minimum atomic E-state index is -0.895. The highest BCUT2D eigenvalue weighted by molar-refractivity contribution is 5.66. The summed E-state index contributed by atoms with van der Waals surface area (Å²) in [6.45, 7) is 52.6.